The number of halogens is 2. The van der Waals surface area contributed by atoms with Crippen LogP contribution >= 0.6 is 0 Å². The van der Waals surface area contributed by atoms with E-state index in [0.29, 0.717) is 17.9 Å². The number of aryl methyl sites for hydroxylation is 1. The summed E-state index contributed by atoms with van der Waals surface area (Å²) in [5.74, 6) is -1.21. The maximum atomic E-state index is 14.4. The number of carbonyl (C=O) groups is 1. The number of nitrogens with zero attached hydrogens (tertiary/aromatic N) is 2. The summed E-state index contributed by atoms with van der Waals surface area (Å²) in [6.45, 7) is 3.69. The molecule has 5 nitrogen and oxygen atoms in total. The van der Waals surface area contributed by atoms with Crippen molar-refractivity contribution < 1.29 is 18.3 Å². The Kier molecular flexibility index (Phi) is 5.63. The highest BCUT2D eigenvalue weighted by atomic mass is 19.1. The summed E-state index contributed by atoms with van der Waals surface area (Å²) in [5, 5.41) is 0.187. The second-order valence-corrected chi connectivity index (χ2v) is 5.97. The van der Waals surface area contributed by atoms with Crippen LogP contribution in [0.25, 0.3) is 22.7 Å². The fraction of sp³-hybridized carbons (Fsp3) is 0.190. The predicted molar refractivity (Wildman–Crippen MR) is 102 cm³/mol. The van der Waals surface area contributed by atoms with E-state index in [9.17, 15) is 18.4 Å². The van der Waals surface area contributed by atoms with Crippen LogP contribution < -0.4 is 5.56 Å². The molecule has 0 spiro atoms. The van der Waals surface area contributed by atoms with Crippen molar-refractivity contribution in [2.24, 2.45) is 0 Å². The maximum Gasteiger partial charge on any atom is 0.330 e. The lowest BCUT2D eigenvalue weighted by atomic mass is 10.1. The van der Waals surface area contributed by atoms with E-state index < -0.39 is 23.2 Å². The average molecular weight is 384 g/mol. The van der Waals surface area contributed by atoms with Gasteiger partial charge < -0.3 is 4.74 Å². The van der Waals surface area contributed by atoms with Gasteiger partial charge in [-0.3, -0.25) is 9.36 Å². The molecule has 0 aliphatic carbocycles. The number of fused-ring (bicyclic) bond motifs is 1. The minimum Gasteiger partial charge on any atom is -0.463 e. The Morgan fingerprint density at radius 3 is 2.54 bits per heavy atom. The van der Waals surface area contributed by atoms with Crippen LogP contribution in [0, 0.1) is 11.6 Å². The Hall–Kier alpha value is -3.35. The largest absolute Gasteiger partial charge is 0.463 e. The lowest BCUT2D eigenvalue weighted by Crippen LogP contribution is -2.23. The van der Waals surface area contributed by atoms with E-state index >= 15 is 0 Å². The van der Waals surface area contributed by atoms with Crippen LogP contribution in [0.3, 0.4) is 0 Å². The van der Waals surface area contributed by atoms with E-state index in [0.717, 1.165) is 12.1 Å². The van der Waals surface area contributed by atoms with Gasteiger partial charge in [-0.1, -0.05) is 6.92 Å². The zero-order valence-corrected chi connectivity index (χ0v) is 15.4. The number of hydrogen-bond acceptors (Lipinski definition) is 4. The van der Waals surface area contributed by atoms with Gasteiger partial charge in [0, 0.05) is 24.1 Å². The van der Waals surface area contributed by atoms with Crippen molar-refractivity contribution in [1.82, 2.24) is 9.55 Å². The molecule has 0 aliphatic rings. The monoisotopic (exact) mass is 384 g/mol. The SMILES string of the molecule is CCOC(=O)/C=C/c1cc2c(=O)n(-c3ccc(F)cc3)c(CC)nc2cc1F. The lowest BCUT2D eigenvalue weighted by molar-refractivity contribution is -0.137. The normalized spacial score (nSPS) is 11.3. The Balaban J connectivity index is 2.19. The highest BCUT2D eigenvalue weighted by molar-refractivity contribution is 5.88. The minimum atomic E-state index is -0.610. The van der Waals surface area contributed by atoms with Gasteiger partial charge in [0.05, 0.1) is 23.2 Å². The minimum absolute atomic E-state index is 0.0642. The first-order valence-corrected chi connectivity index (χ1v) is 8.80. The number of ether oxygens (including phenoxy) is 1. The zero-order chi connectivity index (χ0) is 20.3. The molecular formula is C21H18F2N2O3. The van der Waals surface area contributed by atoms with E-state index in [1.54, 1.807) is 6.92 Å². The number of aromatic nitrogens is 2. The van der Waals surface area contributed by atoms with Crippen molar-refractivity contribution in [2.75, 3.05) is 6.61 Å². The predicted octanol–water partition coefficient (Wildman–Crippen LogP) is 3.80. The van der Waals surface area contributed by atoms with E-state index in [2.05, 4.69) is 4.98 Å². The molecule has 28 heavy (non-hydrogen) atoms. The molecule has 0 saturated carbocycles. The quantitative estimate of drug-likeness (QED) is 0.496. The summed E-state index contributed by atoms with van der Waals surface area (Å²) in [6.07, 6.45) is 2.77. The highest BCUT2D eigenvalue weighted by Crippen LogP contribution is 2.19. The van der Waals surface area contributed by atoms with Gasteiger partial charge >= 0.3 is 5.97 Å². The standard InChI is InChI=1S/C21H18F2N2O3/c1-3-19-24-18-12-17(23)13(5-10-20(26)28-4-2)11-16(18)21(27)25(19)15-8-6-14(22)7-9-15/h5-12H,3-4H2,1-2H3/b10-5+. The second-order valence-electron chi connectivity index (χ2n) is 5.97. The summed E-state index contributed by atoms with van der Waals surface area (Å²) in [6, 6.07) is 7.97. The van der Waals surface area contributed by atoms with Crippen molar-refractivity contribution in [2.45, 2.75) is 20.3 Å². The molecule has 0 atom stereocenters. The number of carbonyl (C=O) groups excluding carboxylic acids is 1. The summed E-state index contributed by atoms with van der Waals surface area (Å²) in [7, 11) is 0. The first-order chi connectivity index (χ1) is 13.4. The summed E-state index contributed by atoms with van der Waals surface area (Å²) < 4.78 is 33.8. The summed E-state index contributed by atoms with van der Waals surface area (Å²) in [4.78, 5) is 29.0. The Labute approximate surface area is 159 Å². The third-order valence-electron chi connectivity index (χ3n) is 4.14. The van der Waals surface area contributed by atoms with Crippen molar-refractivity contribution >= 4 is 22.9 Å². The van der Waals surface area contributed by atoms with Crippen LogP contribution in [0.1, 0.15) is 25.2 Å². The van der Waals surface area contributed by atoms with Gasteiger partial charge in [0.15, 0.2) is 0 Å². The van der Waals surface area contributed by atoms with Gasteiger partial charge in [0.1, 0.15) is 17.5 Å². The van der Waals surface area contributed by atoms with Crippen LogP contribution in [-0.2, 0) is 16.0 Å². The van der Waals surface area contributed by atoms with Crippen molar-refractivity contribution in [1.29, 1.82) is 0 Å². The fourth-order valence-electron chi connectivity index (χ4n) is 2.84. The second kappa shape index (κ2) is 8.12. The van der Waals surface area contributed by atoms with Gasteiger partial charge in [-0.15, -0.1) is 0 Å². The molecule has 0 fully saturated rings. The summed E-state index contributed by atoms with van der Waals surface area (Å²) >= 11 is 0. The van der Waals surface area contributed by atoms with Crippen molar-refractivity contribution in [3.05, 3.63) is 75.9 Å². The van der Waals surface area contributed by atoms with Crippen LogP contribution in [-0.4, -0.2) is 22.1 Å². The number of benzene rings is 2. The fourth-order valence-corrected chi connectivity index (χ4v) is 2.84. The van der Waals surface area contributed by atoms with Crippen LogP contribution in [0.15, 0.2) is 47.3 Å². The average Bonchev–Trinajstić information content (AvgIpc) is 2.67. The molecular weight excluding hydrogens is 366 g/mol. The molecule has 0 N–H and O–H groups in total. The first-order valence-electron chi connectivity index (χ1n) is 8.80. The van der Waals surface area contributed by atoms with Gasteiger partial charge in [-0.2, -0.15) is 0 Å². The molecule has 0 unspecified atom stereocenters. The Bertz CT molecular complexity index is 1120. The molecule has 3 aromatic rings. The van der Waals surface area contributed by atoms with E-state index in [1.807, 2.05) is 6.92 Å². The molecule has 0 aliphatic heterocycles. The molecule has 1 heterocycles. The lowest BCUT2D eigenvalue weighted by Gasteiger charge is -2.13. The molecule has 0 radical (unpaired) electrons. The third kappa shape index (κ3) is 3.83. The molecule has 144 valence electrons. The topological polar surface area (TPSA) is 61.2 Å². The van der Waals surface area contributed by atoms with E-state index in [1.165, 1.54) is 41.0 Å². The highest BCUT2D eigenvalue weighted by Gasteiger charge is 2.14. The van der Waals surface area contributed by atoms with E-state index in [-0.39, 0.29) is 23.1 Å². The van der Waals surface area contributed by atoms with Crippen LogP contribution in [0.2, 0.25) is 0 Å². The zero-order valence-electron chi connectivity index (χ0n) is 15.4. The van der Waals surface area contributed by atoms with Gasteiger partial charge in [0.2, 0.25) is 0 Å². The molecule has 0 bridgehead atoms. The molecule has 3 rings (SSSR count). The Morgan fingerprint density at radius 1 is 1.18 bits per heavy atom. The number of hydrogen-bond donors (Lipinski definition) is 0. The van der Waals surface area contributed by atoms with Gasteiger partial charge in [-0.05, 0) is 43.3 Å². The Morgan fingerprint density at radius 2 is 1.89 bits per heavy atom. The van der Waals surface area contributed by atoms with E-state index in [4.69, 9.17) is 4.74 Å². The molecule has 2 aromatic carbocycles. The molecule has 7 heteroatoms. The first kappa shape index (κ1) is 19.4. The van der Waals surface area contributed by atoms with Gasteiger partial charge in [-0.25, -0.2) is 18.6 Å². The molecule has 0 saturated heterocycles. The summed E-state index contributed by atoms with van der Waals surface area (Å²) in [5.41, 5.74) is 0.338. The number of esters is 1. The van der Waals surface area contributed by atoms with Gasteiger partial charge in [0.25, 0.3) is 5.56 Å². The van der Waals surface area contributed by atoms with Crippen molar-refractivity contribution in [3.63, 3.8) is 0 Å². The maximum absolute atomic E-state index is 14.4. The number of rotatable bonds is 5. The smallest absolute Gasteiger partial charge is 0.330 e. The van der Waals surface area contributed by atoms with Crippen molar-refractivity contribution in [3.8, 4) is 5.69 Å². The molecule has 1 aromatic heterocycles. The molecule has 0 amide bonds. The van der Waals surface area contributed by atoms with Crippen LogP contribution in [0.5, 0.6) is 0 Å². The van der Waals surface area contributed by atoms with Crippen LogP contribution in [0.4, 0.5) is 8.78 Å². The third-order valence-corrected chi connectivity index (χ3v) is 4.14.